The monoisotopic (exact) mass is 196 g/mol. The first-order valence-electron chi connectivity index (χ1n) is 0.667. The Labute approximate surface area is 100 Å². The summed E-state index contributed by atoms with van der Waals surface area (Å²) in [6, 6.07) is 0. The Morgan fingerprint density at radius 2 is 0.889 bits per heavy atom. The van der Waals surface area contributed by atoms with E-state index in [9.17, 15) is 0 Å². The average Bonchev–Trinajstić information content (AvgIpc) is 0.722. The van der Waals surface area contributed by atoms with Crippen LogP contribution in [0.2, 0.25) is 0 Å². The van der Waals surface area contributed by atoms with Gasteiger partial charge in [-0.05, 0) is 0 Å². The molecule has 0 fully saturated rings. The first kappa shape index (κ1) is 30.4. The summed E-state index contributed by atoms with van der Waals surface area (Å²) in [7, 11) is -5.17. The van der Waals surface area contributed by atoms with Crippen molar-refractivity contribution in [1.82, 2.24) is 0 Å². The quantitative estimate of drug-likeness (QED) is 0.219. The molecule has 0 aromatic rings. The number of hydrogen-bond donors (Lipinski definition) is 0. The summed E-state index contributed by atoms with van der Waals surface area (Å²) < 4.78 is 34.1. The third-order valence-corrected chi connectivity index (χ3v) is 0. The van der Waals surface area contributed by atoms with Gasteiger partial charge >= 0.3 is 56.6 Å². The molecule has 0 N–H and O–H groups in total. The van der Waals surface area contributed by atoms with Crippen LogP contribution in [0, 0.1) is 0 Å². The molecular weight excluding hydrogens is 197 g/mol. The van der Waals surface area contributed by atoms with Gasteiger partial charge in [0.2, 0.25) is 0 Å². The Kier molecular flexibility index (Phi) is 43.2. The van der Waals surface area contributed by atoms with Crippen molar-refractivity contribution in [3.63, 3.8) is 0 Å². The van der Waals surface area contributed by atoms with E-state index >= 15 is 0 Å². The summed E-state index contributed by atoms with van der Waals surface area (Å²) in [5.41, 5.74) is 0. The van der Waals surface area contributed by atoms with Gasteiger partial charge in [-0.3, -0.25) is 8.42 Å². The van der Waals surface area contributed by atoms with Crippen LogP contribution in [-0.4, -0.2) is 17.5 Å². The molecule has 0 aromatic carbocycles. The Bertz CT molecular complexity index is 99.0. The van der Waals surface area contributed by atoms with E-state index in [-0.39, 0.29) is 73.6 Å². The summed E-state index contributed by atoms with van der Waals surface area (Å²) >= 11 is 0. The van der Waals surface area contributed by atoms with Gasteiger partial charge in [0.1, 0.15) is 0 Å². The van der Waals surface area contributed by atoms with Gasteiger partial charge in [-0.2, -0.15) is 0 Å². The van der Waals surface area contributed by atoms with Gasteiger partial charge < -0.3 is 26.1 Å². The average molecular weight is 197 g/mol. The second-order valence-electron chi connectivity index (χ2n) is 0.408. The second kappa shape index (κ2) is 12.8. The molecule has 9 heteroatoms. The van der Waals surface area contributed by atoms with Crippen LogP contribution in [0.25, 0.3) is 0 Å². The summed E-state index contributed by atoms with van der Waals surface area (Å²) in [6.07, 6.45) is 0. The van der Waals surface area contributed by atoms with E-state index in [1.165, 1.54) is 0 Å². The minimum Gasteiger partial charge on any atom is -1.00 e. The molecule has 0 saturated carbocycles. The number of halogens is 1. The predicted octanol–water partition coefficient (Wildman–Crippen LogP) is -13.3. The van der Waals surface area contributed by atoms with Crippen LogP contribution in [-0.2, 0) is 10.4 Å². The summed E-state index contributed by atoms with van der Waals surface area (Å²) in [6.45, 7) is 0. The molecule has 0 spiro atoms. The van der Waals surface area contributed by atoms with Gasteiger partial charge in [-0.25, -0.2) is 0 Å². The van der Waals surface area contributed by atoms with E-state index in [0.29, 0.717) is 0 Å². The van der Waals surface area contributed by atoms with Gasteiger partial charge in [0.25, 0.3) is 0 Å². The van der Waals surface area contributed by atoms with E-state index < -0.39 is 10.4 Å². The Morgan fingerprint density at radius 1 is 0.889 bits per heavy atom. The normalized spacial score (nSPS) is 6.44. The molecule has 0 aliphatic carbocycles. The minimum atomic E-state index is -5.17. The zero-order chi connectivity index (χ0) is 4.50. The fourth-order valence-electron chi connectivity index (χ4n) is 0. The molecule has 0 unspecified atom stereocenters. The molecule has 0 bridgehead atoms. The molecule has 0 atom stereocenters. The maximum atomic E-state index is 8.52. The van der Waals surface area contributed by atoms with E-state index in [2.05, 4.69) is 0 Å². The van der Waals surface area contributed by atoms with Crippen molar-refractivity contribution in [2.75, 3.05) is 0 Å². The standard InChI is InChI=1S/BrH.3Li.H2O4S/c;;;;1-5(2,3)4/h1H;;;;(H2,1,2,3,4)/q;3*+1;/p-3. The maximum Gasteiger partial charge on any atom is 1.00 e. The van der Waals surface area contributed by atoms with Crippen LogP contribution in [0.5, 0.6) is 0 Å². The van der Waals surface area contributed by atoms with Crippen LogP contribution in [0.1, 0.15) is 0 Å². The fraction of sp³-hybridized carbons (Fsp3) is 0. The predicted molar refractivity (Wildman–Crippen MR) is 10.5 cm³/mol. The maximum absolute atomic E-state index is 8.52. The van der Waals surface area contributed by atoms with Gasteiger partial charge in [0.05, 0.1) is 0 Å². The van der Waals surface area contributed by atoms with Gasteiger partial charge in [0, 0.05) is 10.4 Å². The summed E-state index contributed by atoms with van der Waals surface area (Å²) in [4.78, 5) is 0. The van der Waals surface area contributed by atoms with E-state index in [1.807, 2.05) is 0 Å². The molecule has 9 heavy (non-hydrogen) atoms. The zero-order valence-electron chi connectivity index (χ0n) is 5.42. The molecule has 0 rings (SSSR count). The largest absolute Gasteiger partial charge is 1.00 e. The van der Waals surface area contributed by atoms with Crippen LogP contribution in [0.4, 0.5) is 0 Å². The fourth-order valence-corrected chi connectivity index (χ4v) is 0. The first-order valence-corrected chi connectivity index (χ1v) is 2.00. The third kappa shape index (κ3) is 147. The molecular formula is BrLi3O4S. The topological polar surface area (TPSA) is 80.3 Å². The number of hydrogen-bond acceptors (Lipinski definition) is 4. The SMILES string of the molecule is O=S(=O)([O-])[O-].[Br-].[Li+].[Li+].[Li+]. The summed E-state index contributed by atoms with van der Waals surface area (Å²) in [5.74, 6) is 0. The van der Waals surface area contributed by atoms with Crippen LogP contribution in [0.3, 0.4) is 0 Å². The molecule has 4 nitrogen and oxygen atoms in total. The molecule has 0 aliphatic rings. The molecule has 0 saturated heterocycles. The van der Waals surface area contributed by atoms with Crippen molar-refractivity contribution in [2.45, 2.75) is 0 Å². The van der Waals surface area contributed by atoms with Gasteiger partial charge in [0.15, 0.2) is 0 Å². The smallest absolute Gasteiger partial charge is 1.00 e. The number of rotatable bonds is 0. The molecule has 0 heterocycles. The summed E-state index contributed by atoms with van der Waals surface area (Å²) in [5, 5.41) is 0. The first-order chi connectivity index (χ1) is 2.00. The van der Waals surface area contributed by atoms with E-state index in [4.69, 9.17) is 17.5 Å². The van der Waals surface area contributed by atoms with Crippen LogP contribution >= 0.6 is 0 Å². The Balaban J connectivity index is -0.0000000133. The minimum absolute atomic E-state index is 0. The Morgan fingerprint density at radius 3 is 0.889 bits per heavy atom. The van der Waals surface area contributed by atoms with Crippen LogP contribution < -0.4 is 73.6 Å². The van der Waals surface area contributed by atoms with Crippen molar-refractivity contribution in [3.8, 4) is 0 Å². The van der Waals surface area contributed by atoms with Crippen molar-refractivity contribution in [3.05, 3.63) is 0 Å². The third-order valence-electron chi connectivity index (χ3n) is 0. The van der Waals surface area contributed by atoms with Crippen molar-refractivity contribution < 1.29 is 91.1 Å². The van der Waals surface area contributed by atoms with Crippen LogP contribution in [0.15, 0.2) is 0 Å². The van der Waals surface area contributed by atoms with Crippen molar-refractivity contribution in [2.24, 2.45) is 0 Å². The zero-order valence-corrected chi connectivity index (χ0v) is 7.82. The van der Waals surface area contributed by atoms with Gasteiger partial charge in [-0.15, -0.1) is 0 Å². The van der Waals surface area contributed by atoms with Gasteiger partial charge in [-0.1, -0.05) is 0 Å². The molecule has 0 aliphatic heterocycles. The van der Waals surface area contributed by atoms with E-state index in [1.54, 1.807) is 0 Å². The van der Waals surface area contributed by atoms with Crippen molar-refractivity contribution >= 4 is 10.4 Å². The molecule has 0 radical (unpaired) electrons. The second-order valence-corrected chi connectivity index (χ2v) is 1.22. The van der Waals surface area contributed by atoms with Crippen molar-refractivity contribution in [1.29, 1.82) is 0 Å². The molecule has 0 amide bonds. The molecule has 40 valence electrons. The molecule has 0 aromatic heterocycles. The Hall–Kier alpha value is 2.14. The van der Waals surface area contributed by atoms with E-state index in [0.717, 1.165) is 0 Å².